The molecule has 1 aliphatic heterocycles. The van der Waals surface area contributed by atoms with Crippen molar-refractivity contribution in [3.63, 3.8) is 0 Å². The smallest absolute Gasteiger partial charge is 0.322 e. The fourth-order valence-electron chi connectivity index (χ4n) is 3.37. The molecule has 8 nitrogen and oxygen atoms in total. The summed E-state index contributed by atoms with van der Waals surface area (Å²) < 4.78 is 5.20. The van der Waals surface area contributed by atoms with Gasteiger partial charge in [-0.05, 0) is 43.2 Å². The Morgan fingerprint density at radius 1 is 1.13 bits per heavy atom. The number of likely N-dealkylation sites (tertiary alicyclic amines) is 1. The average molecular weight is 458 g/mol. The molecule has 1 aliphatic rings. The van der Waals surface area contributed by atoms with Crippen molar-refractivity contribution >= 4 is 46.3 Å². The van der Waals surface area contributed by atoms with Crippen LogP contribution >= 0.6 is 22.9 Å². The number of benzene rings is 2. The summed E-state index contributed by atoms with van der Waals surface area (Å²) in [5.41, 5.74) is 1.23. The van der Waals surface area contributed by atoms with Gasteiger partial charge in [0.25, 0.3) is 5.91 Å². The van der Waals surface area contributed by atoms with Crippen LogP contribution in [0.5, 0.6) is 5.75 Å². The number of nitrogens with one attached hydrogen (secondary N) is 2. The predicted octanol–water partition coefficient (Wildman–Crippen LogP) is 4.82. The van der Waals surface area contributed by atoms with Crippen LogP contribution < -0.4 is 15.4 Å². The van der Waals surface area contributed by atoms with Crippen molar-refractivity contribution in [1.29, 1.82) is 0 Å². The van der Waals surface area contributed by atoms with Gasteiger partial charge in [-0.2, -0.15) is 0 Å². The molecule has 4 rings (SSSR count). The van der Waals surface area contributed by atoms with E-state index in [-0.39, 0.29) is 23.0 Å². The fraction of sp³-hybridized carbons (Fsp3) is 0.238. The third-order valence-corrected chi connectivity index (χ3v) is 6.10. The number of rotatable bonds is 5. The lowest BCUT2D eigenvalue weighted by Crippen LogP contribution is -2.34. The van der Waals surface area contributed by atoms with E-state index < -0.39 is 0 Å². The highest BCUT2D eigenvalue weighted by atomic mass is 35.5. The van der Waals surface area contributed by atoms with Gasteiger partial charge in [0.15, 0.2) is 0 Å². The molecule has 3 aromatic rings. The van der Waals surface area contributed by atoms with Crippen LogP contribution in [0.25, 0.3) is 0 Å². The molecule has 0 aliphatic carbocycles. The van der Waals surface area contributed by atoms with Crippen LogP contribution in [-0.2, 0) is 0 Å². The van der Waals surface area contributed by atoms with Gasteiger partial charge in [-0.3, -0.25) is 4.79 Å². The van der Waals surface area contributed by atoms with Crippen LogP contribution in [-0.4, -0.2) is 40.7 Å². The number of amides is 3. The molecule has 2 aromatic carbocycles. The number of hydrogen-bond acceptors (Lipinski definition) is 6. The molecule has 1 aromatic heterocycles. The van der Waals surface area contributed by atoms with E-state index in [1.165, 1.54) is 11.3 Å². The maximum Gasteiger partial charge on any atom is 0.322 e. The molecule has 2 N–H and O–H groups in total. The van der Waals surface area contributed by atoms with Gasteiger partial charge in [-0.1, -0.05) is 35.1 Å². The van der Waals surface area contributed by atoms with E-state index in [0.717, 1.165) is 12.8 Å². The normalized spacial score (nSPS) is 15.5. The number of hydrogen-bond donors (Lipinski definition) is 2. The zero-order valence-corrected chi connectivity index (χ0v) is 18.2. The predicted molar refractivity (Wildman–Crippen MR) is 120 cm³/mol. The Kier molecular flexibility index (Phi) is 6.34. The summed E-state index contributed by atoms with van der Waals surface area (Å²) in [5, 5.41) is 15.3. The van der Waals surface area contributed by atoms with Gasteiger partial charge in [-0.15, -0.1) is 10.2 Å². The number of anilines is 2. The molecule has 0 spiro atoms. The summed E-state index contributed by atoms with van der Waals surface area (Å²) >= 11 is 7.14. The van der Waals surface area contributed by atoms with Crippen LogP contribution in [0.2, 0.25) is 5.02 Å². The largest absolute Gasteiger partial charge is 0.497 e. The van der Waals surface area contributed by atoms with Gasteiger partial charge < -0.3 is 20.3 Å². The number of nitrogens with zero attached hydrogens (tertiary/aromatic N) is 3. The number of ether oxygens (including phenoxy) is 1. The van der Waals surface area contributed by atoms with E-state index in [9.17, 15) is 9.59 Å². The van der Waals surface area contributed by atoms with E-state index in [2.05, 4.69) is 20.8 Å². The Bertz CT molecular complexity index is 1110. The Hall–Kier alpha value is -3.17. The van der Waals surface area contributed by atoms with Gasteiger partial charge in [-0.25, -0.2) is 4.79 Å². The van der Waals surface area contributed by atoms with Gasteiger partial charge in [0.1, 0.15) is 10.8 Å². The molecule has 160 valence electrons. The lowest BCUT2D eigenvalue weighted by atomic mass is 10.2. The average Bonchev–Trinajstić information content (AvgIpc) is 3.43. The van der Waals surface area contributed by atoms with Crippen molar-refractivity contribution in [2.75, 3.05) is 24.3 Å². The maximum absolute atomic E-state index is 12.9. The standard InChI is InChI=1S/C21H20ClN5O3S/c1-30-16-8-3-7-15(12-16)24-21(29)27-10-4-9-17(27)19-25-26-20(31-19)18(28)23-14-6-2-5-13(22)11-14/h2-3,5-8,11-12,17H,4,9-10H2,1H3,(H,23,28)(H,24,29)/t17-/m1/s1. The first-order valence-electron chi connectivity index (χ1n) is 9.65. The van der Waals surface area contributed by atoms with Crippen molar-refractivity contribution < 1.29 is 14.3 Å². The number of methoxy groups -OCH3 is 1. The zero-order chi connectivity index (χ0) is 21.8. The second-order valence-electron chi connectivity index (χ2n) is 6.92. The van der Waals surface area contributed by atoms with Crippen LogP contribution in [0.3, 0.4) is 0 Å². The molecule has 0 saturated carbocycles. The second kappa shape index (κ2) is 9.32. The van der Waals surface area contributed by atoms with E-state index in [0.29, 0.717) is 33.7 Å². The van der Waals surface area contributed by atoms with Crippen molar-refractivity contribution in [2.24, 2.45) is 0 Å². The number of aromatic nitrogens is 2. The molecular weight excluding hydrogens is 438 g/mol. The summed E-state index contributed by atoms with van der Waals surface area (Å²) in [6, 6.07) is 13.6. The fourth-order valence-corrected chi connectivity index (χ4v) is 4.45. The van der Waals surface area contributed by atoms with Gasteiger partial charge in [0.05, 0.1) is 13.2 Å². The summed E-state index contributed by atoms with van der Waals surface area (Å²) in [7, 11) is 1.58. The summed E-state index contributed by atoms with van der Waals surface area (Å²) in [6.07, 6.45) is 1.61. The van der Waals surface area contributed by atoms with E-state index >= 15 is 0 Å². The second-order valence-corrected chi connectivity index (χ2v) is 8.37. The molecule has 1 atom stereocenters. The number of halogens is 1. The summed E-state index contributed by atoms with van der Waals surface area (Å²) in [6.45, 7) is 0.601. The maximum atomic E-state index is 12.9. The first kappa shape index (κ1) is 21.1. The number of urea groups is 1. The van der Waals surface area contributed by atoms with Crippen molar-refractivity contribution in [1.82, 2.24) is 15.1 Å². The molecule has 0 bridgehead atoms. The minimum atomic E-state index is -0.364. The van der Waals surface area contributed by atoms with Gasteiger partial charge in [0, 0.05) is 29.0 Å². The van der Waals surface area contributed by atoms with Crippen LogP contribution in [0, 0.1) is 0 Å². The lowest BCUT2D eigenvalue weighted by Gasteiger charge is -2.23. The molecule has 3 amide bonds. The van der Waals surface area contributed by atoms with E-state index in [1.54, 1.807) is 48.4 Å². The highest BCUT2D eigenvalue weighted by Gasteiger charge is 2.33. The summed E-state index contributed by atoms with van der Waals surface area (Å²) in [5.74, 6) is 0.298. The molecule has 1 fully saturated rings. The first-order valence-corrected chi connectivity index (χ1v) is 10.8. The Balaban J connectivity index is 1.44. The summed E-state index contributed by atoms with van der Waals surface area (Å²) in [4.78, 5) is 27.1. The first-order chi connectivity index (χ1) is 15.0. The minimum Gasteiger partial charge on any atom is -0.497 e. The molecule has 31 heavy (non-hydrogen) atoms. The van der Waals surface area contributed by atoms with Crippen molar-refractivity contribution in [3.8, 4) is 5.75 Å². The minimum absolute atomic E-state index is 0.226. The Labute approximate surface area is 188 Å². The van der Waals surface area contributed by atoms with E-state index in [1.807, 2.05) is 12.1 Å². The third kappa shape index (κ3) is 4.95. The quantitative estimate of drug-likeness (QED) is 0.572. The molecule has 1 saturated heterocycles. The van der Waals surface area contributed by atoms with Crippen LogP contribution in [0.4, 0.5) is 16.2 Å². The molecule has 0 unspecified atom stereocenters. The molecule has 10 heteroatoms. The Morgan fingerprint density at radius 2 is 1.90 bits per heavy atom. The number of carbonyl (C=O) groups is 2. The lowest BCUT2D eigenvalue weighted by molar-refractivity contribution is 0.102. The Morgan fingerprint density at radius 3 is 2.68 bits per heavy atom. The highest BCUT2D eigenvalue weighted by Crippen LogP contribution is 2.34. The molecular formula is C21H20ClN5O3S. The zero-order valence-electron chi connectivity index (χ0n) is 16.7. The SMILES string of the molecule is COc1cccc(NC(=O)N2CCC[C@@H]2c2nnc(C(=O)Nc3cccc(Cl)c3)s2)c1. The topological polar surface area (TPSA) is 96.4 Å². The highest BCUT2D eigenvalue weighted by molar-refractivity contribution is 7.13. The third-order valence-electron chi connectivity index (χ3n) is 4.84. The van der Waals surface area contributed by atoms with Crippen LogP contribution in [0.15, 0.2) is 48.5 Å². The molecule has 2 heterocycles. The number of carbonyl (C=O) groups excluding carboxylic acids is 2. The van der Waals surface area contributed by atoms with Crippen molar-refractivity contribution in [3.05, 3.63) is 63.6 Å². The monoisotopic (exact) mass is 457 g/mol. The van der Waals surface area contributed by atoms with Crippen molar-refractivity contribution in [2.45, 2.75) is 18.9 Å². The van der Waals surface area contributed by atoms with Gasteiger partial charge in [0.2, 0.25) is 5.01 Å². The van der Waals surface area contributed by atoms with E-state index in [4.69, 9.17) is 16.3 Å². The van der Waals surface area contributed by atoms with Crippen LogP contribution in [0.1, 0.15) is 33.7 Å². The molecule has 0 radical (unpaired) electrons. The van der Waals surface area contributed by atoms with Gasteiger partial charge >= 0.3 is 6.03 Å².